The van der Waals surface area contributed by atoms with Crippen molar-refractivity contribution in [1.82, 2.24) is 5.32 Å². The Labute approximate surface area is 107 Å². The highest BCUT2D eigenvalue weighted by molar-refractivity contribution is 5.86. The highest BCUT2D eigenvalue weighted by Gasteiger charge is 2.45. The largest absolute Gasteiger partial charge is 0.479 e. The number of nitrogens with one attached hydrogen (secondary N) is 1. The van der Waals surface area contributed by atoms with Gasteiger partial charge in [-0.15, -0.1) is 0 Å². The molecular formula is C13H21NO4. The Hall–Kier alpha value is -1.52. The molecule has 0 aromatic rings. The Morgan fingerprint density at radius 3 is 2.00 bits per heavy atom. The maximum Gasteiger partial charge on any atom is 0.408 e. The van der Waals surface area contributed by atoms with Gasteiger partial charge in [0, 0.05) is 12.8 Å². The van der Waals surface area contributed by atoms with Crippen LogP contribution < -0.4 is 5.32 Å². The number of carbonyl (C=O) groups excluding carboxylic acids is 1. The lowest BCUT2D eigenvalue weighted by atomic mass is 9.95. The highest BCUT2D eigenvalue weighted by atomic mass is 16.6. The molecule has 0 spiro atoms. The van der Waals surface area contributed by atoms with Gasteiger partial charge < -0.3 is 15.2 Å². The van der Waals surface area contributed by atoms with Crippen LogP contribution in [0.5, 0.6) is 0 Å². The first-order valence-electron chi connectivity index (χ1n) is 5.95. The van der Waals surface area contributed by atoms with Gasteiger partial charge in [-0.2, -0.15) is 0 Å². The molecule has 102 valence electrons. The van der Waals surface area contributed by atoms with E-state index in [4.69, 9.17) is 4.74 Å². The van der Waals surface area contributed by atoms with Crippen LogP contribution in [0.15, 0.2) is 11.1 Å². The summed E-state index contributed by atoms with van der Waals surface area (Å²) in [5.74, 6) is -1.02. The minimum atomic E-state index is -1.25. The van der Waals surface area contributed by atoms with E-state index in [-0.39, 0.29) is 0 Å². The van der Waals surface area contributed by atoms with Crippen molar-refractivity contribution in [3.8, 4) is 0 Å². The van der Waals surface area contributed by atoms with Gasteiger partial charge in [-0.25, -0.2) is 9.59 Å². The van der Waals surface area contributed by atoms with Crippen LogP contribution in [0.25, 0.3) is 0 Å². The first-order chi connectivity index (χ1) is 8.06. The molecule has 1 amide bonds. The normalized spacial score (nSPS) is 18.7. The van der Waals surface area contributed by atoms with Crippen molar-refractivity contribution in [1.29, 1.82) is 0 Å². The van der Waals surface area contributed by atoms with E-state index in [9.17, 15) is 14.7 Å². The van der Waals surface area contributed by atoms with Gasteiger partial charge >= 0.3 is 12.1 Å². The molecule has 0 aromatic heterocycles. The molecule has 5 heteroatoms. The third-order valence-electron chi connectivity index (χ3n) is 3.01. The number of alkyl carbamates (subject to hydrolysis) is 1. The van der Waals surface area contributed by atoms with Crippen LogP contribution >= 0.6 is 0 Å². The number of carboxylic acid groups (broad SMARTS) is 1. The summed E-state index contributed by atoms with van der Waals surface area (Å²) in [5.41, 5.74) is 0.123. The Morgan fingerprint density at radius 1 is 1.22 bits per heavy atom. The molecule has 0 aromatic carbocycles. The van der Waals surface area contributed by atoms with Crippen molar-refractivity contribution in [3.05, 3.63) is 11.1 Å². The van der Waals surface area contributed by atoms with Gasteiger partial charge in [0.05, 0.1) is 0 Å². The predicted molar refractivity (Wildman–Crippen MR) is 67.3 cm³/mol. The van der Waals surface area contributed by atoms with Crippen LogP contribution in [0.3, 0.4) is 0 Å². The molecule has 0 unspecified atom stereocenters. The van der Waals surface area contributed by atoms with E-state index in [0.29, 0.717) is 12.8 Å². The fraction of sp³-hybridized carbons (Fsp3) is 0.692. The van der Waals surface area contributed by atoms with Crippen LogP contribution in [-0.4, -0.2) is 28.3 Å². The average molecular weight is 255 g/mol. The first kappa shape index (κ1) is 14.5. The van der Waals surface area contributed by atoms with Gasteiger partial charge in [0.15, 0.2) is 0 Å². The zero-order valence-corrected chi connectivity index (χ0v) is 11.6. The minimum Gasteiger partial charge on any atom is -0.479 e. The number of hydrogen-bond acceptors (Lipinski definition) is 3. The third kappa shape index (κ3) is 3.24. The molecule has 18 heavy (non-hydrogen) atoms. The maximum absolute atomic E-state index is 11.7. The second kappa shape index (κ2) is 4.63. The highest BCUT2D eigenvalue weighted by Crippen LogP contribution is 2.35. The van der Waals surface area contributed by atoms with Gasteiger partial charge in [-0.1, -0.05) is 11.1 Å². The zero-order chi connectivity index (χ0) is 14.1. The molecule has 0 bridgehead atoms. The zero-order valence-electron chi connectivity index (χ0n) is 11.6. The SMILES string of the molecule is CC1=C(C)CC(NC(=O)OC(C)(C)C)(C(=O)O)C1. The molecule has 0 saturated heterocycles. The number of aliphatic carboxylic acids is 1. The summed E-state index contributed by atoms with van der Waals surface area (Å²) in [6.45, 7) is 8.99. The van der Waals surface area contributed by atoms with E-state index < -0.39 is 23.2 Å². The molecule has 1 aliphatic carbocycles. The smallest absolute Gasteiger partial charge is 0.408 e. The lowest BCUT2D eigenvalue weighted by molar-refractivity contribution is -0.144. The lowest BCUT2D eigenvalue weighted by Crippen LogP contribution is -2.54. The molecule has 0 atom stereocenters. The van der Waals surface area contributed by atoms with Crippen LogP contribution in [0, 0.1) is 0 Å². The van der Waals surface area contributed by atoms with Gasteiger partial charge in [0.2, 0.25) is 0 Å². The van der Waals surface area contributed by atoms with Crippen LogP contribution in [0.4, 0.5) is 4.79 Å². The second-order valence-corrected chi connectivity index (χ2v) is 5.93. The van der Waals surface area contributed by atoms with Gasteiger partial charge in [0.1, 0.15) is 11.1 Å². The summed E-state index contributed by atoms with van der Waals surface area (Å²) >= 11 is 0. The summed E-state index contributed by atoms with van der Waals surface area (Å²) in [4.78, 5) is 23.1. The Kier molecular flexibility index (Phi) is 3.74. The number of hydrogen-bond donors (Lipinski definition) is 2. The minimum absolute atomic E-state index is 0.327. The Balaban J connectivity index is 2.79. The van der Waals surface area contributed by atoms with E-state index in [1.165, 1.54) is 0 Å². The third-order valence-corrected chi connectivity index (χ3v) is 3.01. The first-order valence-corrected chi connectivity index (χ1v) is 5.95. The van der Waals surface area contributed by atoms with Crippen molar-refractivity contribution in [2.75, 3.05) is 0 Å². The van der Waals surface area contributed by atoms with Crippen molar-refractivity contribution < 1.29 is 19.4 Å². The Morgan fingerprint density at radius 2 is 1.67 bits per heavy atom. The van der Waals surface area contributed by atoms with E-state index >= 15 is 0 Å². The monoisotopic (exact) mass is 255 g/mol. The molecule has 0 heterocycles. The number of carboxylic acids is 1. The summed E-state index contributed by atoms with van der Waals surface area (Å²) in [7, 11) is 0. The second-order valence-electron chi connectivity index (χ2n) is 5.93. The van der Waals surface area contributed by atoms with Crippen molar-refractivity contribution in [2.45, 2.75) is 58.6 Å². The fourth-order valence-corrected chi connectivity index (χ4v) is 2.06. The van der Waals surface area contributed by atoms with E-state index in [1.807, 2.05) is 13.8 Å². The van der Waals surface area contributed by atoms with Gasteiger partial charge in [0.25, 0.3) is 0 Å². The predicted octanol–water partition coefficient (Wildman–Crippen LogP) is 2.46. The summed E-state index contributed by atoms with van der Waals surface area (Å²) in [5, 5.41) is 11.9. The number of ether oxygens (including phenoxy) is 1. The standard InChI is InChI=1S/C13H21NO4/c1-8-6-13(10(15)16,7-9(8)2)14-11(17)18-12(3,4)5/h6-7H2,1-5H3,(H,14,17)(H,15,16). The van der Waals surface area contributed by atoms with E-state index in [1.54, 1.807) is 20.8 Å². The maximum atomic E-state index is 11.7. The van der Waals surface area contributed by atoms with Crippen LogP contribution in [0.2, 0.25) is 0 Å². The summed E-state index contributed by atoms with van der Waals surface area (Å²) < 4.78 is 5.11. The number of carbonyl (C=O) groups is 2. The lowest BCUT2D eigenvalue weighted by Gasteiger charge is -2.28. The molecule has 0 fully saturated rings. The van der Waals surface area contributed by atoms with Crippen molar-refractivity contribution >= 4 is 12.1 Å². The van der Waals surface area contributed by atoms with Crippen molar-refractivity contribution in [3.63, 3.8) is 0 Å². The van der Waals surface area contributed by atoms with Gasteiger partial charge in [-0.3, -0.25) is 0 Å². The molecule has 0 saturated carbocycles. The van der Waals surface area contributed by atoms with E-state index in [2.05, 4.69) is 5.32 Å². The summed E-state index contributed by atoms with van der Waals surface area (Å²) in [6, 6.07) is 0. The molecule has 0 radical (unpaired) electrons. The van der Waals surface area contributed by atoms with Crippen LogP contribution in [-0.2, 0) is 9.53 Å². The van der Waals surface area contributed by atoms with E-state index in [0.717, 1.165) is 11.1 Å². The quantitative estimate of drug-likeness (QED) is 0.743. The molecule has 1 aliphatic rings. The molecular weight excluding hydrogens is 234 g/mol. The van der Waals surface area contributed by atoms with Crippen molar-refractivity contribution in [2.24, 2.45) is 0 Å². The molecule has 1 rings (SSSR count). The number of amides is 1. The Bertz CT molecular complexity index is 390. The average Bonchev–Trinajstić information content (AvgIpc) is 2.39. The fourth-order valence-electron chi connectivity index (χ4n) is 2.06. The molecule has 2 N–H and O–H groups in total. The molecule has 0 aliphatic heterocycles. The summed E-state index contributed by atoms with van der Waals surface area (Å²) in [6.07, 6.45) is -0.0340. The molecule has 5 nitrogen and oxygen atoms in total. The number of rotatable bonds is 2. The topological polar surface area (TPSA) is 75.6 Å². The van der Waals surface area contributed by atoms with Crippen LogP contribution in [0.1, 0.15) is 47.5 Å². The van der Waals surface area contributed by atoms with Gasteiger partial charge in [-0.05, 0) is 34.6 Å².